The summed E-state index contributed by atoms with van der Waals surface area (Å²) in [4.78, 5) is 16.6. The molecule has 0 saturated heterocycles. The van der Waals surface area contributed by atoms with Crippen molar-refractivity contribution >= 4 is 33.9 Å². The monoisotopic (exact) mass is 295 g/mol. The number of hydrogen-bond acceptors (Lipinski definition) is 6. The maximum Gasteiger partial charge on any atom is 0.269 e. The van der Waals surface area contributed by atoms with Gasteiger partial charge in [0.15, 0.2) is 5.13 Å². The van der Waals surface area contributed by atoms with E-state index >= 15 is 0 Å². The Bertz CT molecular complexity index is 554. The van der Waals surface area contributed by atoms with Crippen molar-refractivity contribution in [1.82, 2.24) is 4.98 Å². The largest absolute Gasteiger partial charge is 0.362 e. The average molecular weight is 295 g/mol. The first kappa shape index (κ1) is 13.8. The minimum absolute atomic E-state index is 0.122. The number of nitro groups is 1. The molecule has 0 unspecified atom stereocenters. The van der Waals surface area contributed by atoms with Crippen molar-refractivity contribution in [2.45, 2.75) is 17.6 Å². The highest BCUT2D eigenvalue weighted by Gasteiger charge is 2.05. The van der Waals surface area contributed by atoms with Crippen LogP contribution >= 0.6 is 23.1 Å². The summed E-state index contributed by atoms with van der Waals surface area (Å²) in [5.41, 5.74) is 0.122. The molecule has 5 nitrogen and oxygen atoms in total. The van der Waals surface area contributed by atoms with Crippen LogP contribution in [0.15, 0.2) is 35.4 Å². The zero-order chi connectivity index (χ0) is 13.7. The number of thioether (sulfide) groups is 1. The van der Waals surface area contributed by atoms with E-state index < -0.39 is 0 Å². The summed E-state index contributed by atoms with van der Waals surface area (Å²) in [6, 6.07) is 6.60. The highest BCUT2D eigenvalue weighted by molar-refractivity contribution is 7.98. The van der Waals surface area contributed by atoms with Gasteiger partial charge in [-0.25, -0.2) is 4.98 Å². The third-order valence-electron chi connectivity index (χ3n) is 2.31. The van der Waals surface area contributed by atoms with E-state index in [1.165, 1.54) is 17.0 Å². The molecule has 2 aromatic rings. The van der Waals surface area contributed by atoms with Crippen molar-refractivity contribution in [2.75, 3.05) is 11.9 Å². The summed E-state index contributed by atoms with van der Waals surface area (Å²) in [7, 11) is 0. The molecular weight excluding hydrogens is 282 g/mol. The summed E-state index contributed by atoms with van der Waals surface area (Å²) in [6.07, 6.45) is 1.86. The molecule has 0 amide bonds. The lowest BCUT2D eigenvalue weighted by atomic mass is 10.3. The van der Waals surface area contributed by atoms with E-state index in [9.17, 15) is 10.1 Å². The first-order valence-corrected chi connectivity index (χ1v) is 7.55. The van der Waals surface area contributed by atoms with Gasteiger partial charge >= 0.3 is 0 Å². The van der Waals surface area contributed by atoms with Gasteiger partial charge in [-0.15, -0.1) is 23.1 Å². The number of rotatable bonds is 6. The number of hydrogen-bond donors (Lipinski definition) is 1. The van der Waals surface area contributed by atoms with Crippen LogP contribution in [0.5, 0.6) is 0 Å². The van der Waals surface area contributed by atoms with Crippen LogP contribution in [0.4, 0.5) is 10.8 Å². The van der Waals surface area contributed by atoms with Gasteiger partial charge in [0.05, 0.1) is 4.92 Å². The van der Waals surface area contributed by atoms with E-state index in [1.807, 2.05) is 13.1 Å². The topological polar surface area (TPSA) is 68.1 Å². The van der Waals surface area contributed by atoms with E-state index in [0.29, 0.717) is 0 Å². The molecule has 0 radical (unpaired) electrons. The number of nitrogens with one attached hydrogen (secondary N) is 1. The van der Waals surface area contributed by atoms with Crippen molar-refractivity contribution < 1.29 is 4.92 Å². The van der Waals surface area contributed by atoms with Gasteiger partial charge in [-0.1, -0.05) is 0 Å². The molecule has 1 aromatic heterocycles. The lowest BCUT2D eigenvalue weighted by molar-refractivity contribution is -0.384. The Balaban J connectivity index is 1.92. The molecule has 0 aliphatic heterocycles. The quantitative estimate of drug-likeness (QED) is 0.499. The van der Waals surface area contributed by atoms with Gasteiger partial charge in [-0.05, 0) is 19.1 Å². The van der Waals surface area contributed by atoms with Crippen molar-refractivity contribution in [1.29, 1.82) is 0 Å². The number of nitrogens with zero attached hydrogens (tertiary/aromatic N) is 2. The summed E-state index contributed by atoms with van der Waals surface area (Å²) in [6.45, 7) is 2.90. The highest BCUT2D eigenvalue weighted by atomic mass is 32.2. The van der Waals surface area contributed by atoms with Gasteiger partial charge in [0.25, 0.3) is 5.69 Å². The number of benzene rings is 1. The van der Waals surface area contributed by atoms with Crippen LogP contribution in [0.3, 0.4) is 0 Å². The van der Waals surface area contributed by atoms with E-state index in [1.54, 1.807) is 35.2 Å². The Hall–Kier alpha value is -1.60. The van der Waals surface area contributed by atoms with Gasteiger partial charge in [0.2, 0.25) is 0 Å². The maximum absolute atomic E-state index is 10.5. The van der Waals surface area contributed by atoms with Crippen molar-refractivity contribution in [3.63, 3.8) is 0 Å². The molecule has 0 atom stereocenters. The molecule has 2 rings (SSSR count). The Morgan fingerprint density at radius 2 is 2.16 bits per heavy atom. The molecule has 0 spiro atoms. The summed E-state index contributed by atoms with van der Waals surface area (Å²) in [5.74, 6) is 0.820. The van der Waals surface area contributed by atoms with E-state index in [4.69, 9.17) is 0 Å². The molecular formula is C12H13N3O2S2. The van der Waals surface area contributed by atoms with Gasteiger partial charge in [0, 0.05) is 40.4 Å². The molecule has 1 N–H and O–H groups in total. The van der Waals surface area contributed by atoms with Crippen LogP contribution in [0.25, 0.3) is 0 Å². The van der Waals surface area contributed by atoms with Gasteiger partial charge in [0.1, 0.15) is 0 Å². The van der Waals surface area contributed by atoms with Crippen LogP contribution in [0, 0.1) is 10.1 Å². The van der Waals surface area contributed by atoms with Crippen LogP contribution in [0.2, 0.25) is 0 Å². The second kappa shape index (κ2) is 6.53. The number of aromatic nitrogens is 1. The molecule has 0 bridgehead atoms. The second-order valence-electron chi connectivity index (χ2n) is 3.70. The number of nitro benzene ring substituents is 1. The number of anilines is 1. The van der Waals surface area contributed by atoms with Crippen molar-refractivity contribution in [3.8, 4) is 0 Å². The SMILES string of the molecule is CCNc1ncc(CSc2ccc([N+](=O)[O-])cc2)s1. The van der Waals surface area contributed by atoms with Crippen molar-refractivity contribution in [3.05, 3.63) is 45.5 Å². The van der Waals surface area contributed by atoms with E-state index in [2.05, 4.69) is 10.3 Å². The smallest absolute Gasteiger partial charge is 0.269 e. The van der Waals surface area contributed by atoms with Crippen LogP contribution in [-0.4, -0.2) is 16.5 Å². The molecule has 19 heavy (non-hydrogen) atoms. The molecule has 0 saturated carbocycles. The molecule has 0 aliphatic carbocycles. The molecule has 1 heterocycles. The molecule has 1 aromatic carbocycles. The lowest BCUT2D eigenvalue weighted by Gasteiger charge is -1.99. The summed E-state index contributed by atoms with van der Waals surface area (Å²) in [5, 5.41) is 14.6. The number of thiazole rings is 1. The van der Waals surface area contributed by atoms with Gasteiger partial charge in [-0.2, -0.15) is 0 Å². The third-order valence-corrected chi connectivity index (χ3v) is 4.51. The van der Waals surface area contributed by atoms with Crippen LogP contribution < -0.4 is 5.32 Å². The first-order valence-electron chi connectivity index (χ1n) is 5.75. The number of non-ortho nitro benzene ring substituents is 1. The third kappa shape index (κ3) is 3.93. The minimum Gasteiger partial charge on any atom is -0.362 e. The molecule has 100 valence electrons. The fourth-order valence-corrected chi connectivity index (χ4v) is 3.23. The fourth-order valence-electron chi connectivity index (χ4n) is 1.43. The second-order valence-corrected chi connectivity index (χ2v) is 5.87. The fraction of sp³-hybridized carbons (Fsp3) is 0.250. The predicted octanol–water partition coefficient (Wildman–Crippen LogP) is 3.78. The normalized spacial score (nSPS) is 10.4. The Morgan fingerprint density at radius 3 is 2.79 bits per heavy atom. The standard InChI is InChI=1S/C12H13N3O2S2/c1-2-13-12-14-7-11(19-12)8-18-10-5-3-9(4-6-10)15(16)17/h3-7H,2,8H2,1H3,(H,13,14). The van der Waals surface area contributed by atoms with Gasteiger partial charge < -0.3 is 5.32 Å². The minimum atomic E-state index is -0.389. The van der Waals surface area contributed by atoms with Gasteiger partial charge in [-0.3, -0.25) is 10.1 Å². The van der Waals surface area contributed by atoms with Crippen LogP contribution in [0.1, 0.15) is 11.8 Å². The molecule has 0 aliphatic rings. The van der Waals surface area contributed by atoms with Crippen molar-refractivity contribution in [2.24, 2.45) is 0 Å². The first-order chi connectivity index (χ1) is 9.19. The zero-order valence-electron chi connectivity index (χ0n) is 10.3. The summed E-state index contributed by atoms with van der Waals surface area (Å²) < 4.78 is 0. The Labute approximate surface area is 119 Å². The van der Waals surface area contributed by atoms with Crippen LogP contribution in [-0.2, 0) is 5.75 Å². The van der Waals surface area contributed by atoms with E-state index in [-0.39, 0.29) is 10.6 Å². The van der Waals surface area contributed by atoms with E-state index in [0.717, 1.165) is 22.3 Å². The predicted molar refractivity (Wildman–Crippen MR) is 78.9 cm³/mol. The highest BCUT2D eigenvalue weighted by Crippen LogP contribution is 2.28. The zero-order valence-corrected chi connectivity index (χ0v) is 12.0. The Morgan fingerprint density at radius 1 is 1.42 bits per heavy atom. The summed E-state index contributed by atoms with van der Waals surface area (Å²) >= 11 is 3.28. The lowest BCUT2D eigenvalue weighted by Crippen LogP contribution is -1.94. The molecule has 7 heteroatoms. The Kier molecular flexibility index (Phi) is 4.75. The molecule has 0 fully saturated rings. The average Bonchev–Trinajstić information content (AvgIpc) is 2.85. The maximum atomic E-state index is 10.5.